The molecule has 4 aromatic rings. The predicted octanol–water partition coefficient (Wildman–Crippen LogP) is 3.86. The van der Waals surface area contributed by atoms with Gasteiger partial charge in [0.25, 0.3) is 0 Å². The Balaban J connectivity index is 1.53. The Labute approximate surface area is 183 Å². The van der Waals surface area contributed by atoms with Gasteiger partial charge < -0.3 is 15.8 Å². The van der Waals surface area contributed by atoms with Crippen molar-refractivity contribution in [2.45, 2.75) is 5.16 Å². The van der Waals surface area contributed by atoms with Crippen LogP contribution in [0.2, 0.25) is 0 Å². The number of carbonyl (C=O) groups is 2. The molecule has 156 valence electrons. The molecule has 0 unspecified atom stereocenters. The lowest BCUT2D eigenvalue weighted by atomic mass is 10.2. The van der Waals surface area contributed by atoms with Gasteiger partial charge in [-0.05, 0) is 60.7 Å². The molecule has 0 aliphatic rings. The summed E-state index contributed by atoms with van der Waals surface area (Å²) in [5.41, 5.74) is 8.96. The van der Waals surface area contributed by atoms with Crippen LogP contribution in [0.5, 0.6) is 5.75 Å². The number of rotatable bonds is 7. The molecule has 1 heterocycles. The minimum absolute atomic E-state index is 0.176. The molecule has 3 aromatic carbocycles. The largest absolute Gasteiger partial charge is 0.497 e. The normalized spacial score (nSPS) is 10.7. The predicted molar refractivity (Wildman–Crippen MR) is 122 cm³/mol. The standard InChI is InChI=1S/C23H20N4O3S/c1-30-18-12-10-17(11-13-18)27-20-5-3-2-4-19(20)26-23(27)31-14-21(28)25-16-8-6-15(7-9-16)22(24)29/h2-13H,14H2,1H3,(H2,24,29)(H,25,28). The first-order valence-corrected chi connectivity index (χ1v) is 10.5. The Morgan fingerprint density at radius 2 is 1.74 bits per heavy atom. The van der Waals surface area contributed by atoms with Crippen molar-refractivity contribution in [3.63, 3.8) is 0 Å². The third-order valence-corrected chi connectivity index (χ3v) is 5.58. The molecule has 31 heavy (non-hydrogen) atoms. The zero-order valence-electron chi connectivity index (χ0n) is 16.7. The summed E-state index contributed by atoms with van der Waals surface area (Å²) in [5, 5.41) is 3.53. The number of primary amides is 1. The number of methoxy groups -OCH3 is 1. The molecule has 0 atom stereocenters. The minimum atomic E-state index is -0.508. The Morgan fingerprint density at radius 1 is 1.03 bits per heavy atom. The van der Waals surface area contributed by atoms with Crippen LogP contribution in [0.1, 0.15) is 10.4 Å². The number of benzene rings is 3. The number of nitrogens with two attached hydrogens (primary N) is 1. The number of para-hydroxylation sites is 2. The first-order chi connectivity index (χ1) is 15.0. The molecule has 7 nitrogen and oxygen atoms in total. The molecule has 0 aliphatic carbocycles. The van der Waals surface area contributed by atoms with Gasteiger partial charge in [-0.3, -0.25) is 14.2 Å². The van der Waals surface area contributed by atoms with E-state index >= 15 is 0 Å². The lowest BCUT2D eigenvalue weighted by Gasteiger charge is -2.10. The van der Waals surface area contributed by atoms with Crippen molar-refractivity contribution in [2.75, 3.05) is 18.2 Å². The van der Waals surface area contributed by atoms with Crippen molar-refractivity contribution in [2.24, 2.45) is 5.73 Å². The van der Waals surface area contributed by atoms with Crippen LogP contribution in [0.15, 0.2) is 78.0 Å². The lowest BCUT2D eigenvalue weighted by Crippen LogP contribution is -2.15. The number of carbonyl (C=O) groups excluding carboxylic acids is 2. The fraction of sp³-hybridized carbons (Fsp3) is 0.0870. The Hall–Kier alpha value is -3.78. The maximum absolute atomic E-state index is 12.5. The number of hydrogen-bond donors (Lipinski definition) is 2. The quantitative estimate of drug-likeness (QED) is 0.432. The molecule has 0 spiro atoms. The minimum Gasteiger partial charge on any atom is -0.497 e. The topological polar surface area (TPSA) is 99.2 Å². The van der Waals surface area contributed by atoms with Gasteiger partial charge >= 0.3 is 0 Å². The van der Waals surface area contributed by atoms with Crippen molar-refractivity contribution >= 4 is 40.3 Å². The SMILES string of the molecule is COc1ccc(-n2c(SCC(=O)Nc3ccc(C(N)=O)cc3)nc3ccccc32)cc1. The van der Waals surface area contributed by atoms with Crippen LogP contribution in [0.25, 0.3) is 16.7 Å². The highest BCUT2D eigenvalue weighted by atomic mass is 32.2. The zero-order valence-corrected chi connectivity index (χ0v) is 17.6. The van der Waals surface area contributed by atoms with Crippen LogP contribution < -0.4 is 15.8 Å². The van der Waals surface area contributed by atoms with E-state index in [-0.39, 0.29) is 11.7 Å². The molecule has 0 aliphatic heterocycles. The summed E-state index contributed by atoms with van der Waals surface area (Å²) >= 11 is 1.35. The number of fused-ring (bicyclic) bond motifs is 1. The van der Waals surface area contributed by atoms with Crippen LogP contribution in [0, 0.1) is 0 Å². The number of nitrogens with one attached hydrogen (secondary N) is 1. The lowest BCUT2D eigenvalue weighted by molar-refractivity contribution is -0.113. The highest BCUT2D eigenvalue weighted by Crippen LogP contribution is 2.29. The van der Waals surface area contributed by atoms with Gasteiger partial charge in [0.2, 0.25) is 11.8 Å². The second-order valence-electron chi connectivity index (χ2n) is 6.69. The number of hydrogen-bond acceptors (Lipinski definition) is 5. The van der Waals surface area contributed by atoms with Crippen molar-refractivity contribution in [3.05, 3.63) is 78.4 Å². The molecule has 1 aromatic heterocycles. The van der Waals surface area contributed by atoms with Gasteiger partial charge in [-0.1, -0.05) is 23.9 Å². The van der Waals surface area contributed by atoms with E-state index in [9.17, 15) is 9.59 Å². The van der Waals surface area contributed by atoms with Gasteiger partial charge in [0, 0.05) is 16.9 Å². The summed E-state index contributed by atoms with van der Waals surface area (Å²) in [6, 6.07) is 22.0. The summed E-state index contributed by atoms with van der Waals surface area (Å²) in [7, 11) is 1.63. The summed E-state index contributed by atoms with van der Waals surface area (Å²) in [5.74, 6) is 0.261. The van der Waals surface area contributed by atoms with Gasteiger partial charge in [0.05, 0.1) is 23.9 Å². The van der Waals surface area contributed by atoms with Crippen molar-refractivity contribution in [1.29, 1.82) is 0 Å². The number of amides is 2. The van der Waals surface area contributed by atoms with E-state index in [0.29, 0.717) is 16.4 Å². The van der Waals surface area contributed by atoms with E-state index in [1.807, 2.05) is 53.1 Å². The fourth-order valence-electron chi connectivity index (χ4n) is 3.13. The monoisotopic (exact) mass is 432 g/mol. The van der Waals surface area contributed by atoms with E-state index in [1.165, 1.54) is 11.8 Å². The van der Waals surface area contributed by atoms with Gasteiger partial charge in [-0.15, -0.1) is 0 Å². The number of thioether (sulfide) groups is 1. The second-order valence-corrected chi connectivity index (χ2v) is 7.64. The van der Waals surface area contributed by atoms with E-state index in [2.05, 4.69) is 5.32 Å². The maximum Gasteiger partial charge on any atom is 0.248 e. The summed E-state index contributed by atoms with van der Waals surface area (Å²) < 4.78 is 7.27. The number of aromatic nitrogens is 2. The van der Waals surface area contributed by atoms with Crippen LogP contribution >= 0.6 is 11.8 Å². The number of nitrogens with zero attached hydrogens (tertiary/aromatic N) is 2. The molecule has 3 N–H and O–H groups in total. The van der Waals surface area contributed by atoms with Gasteiger partial charge in [-0.2, -0.15) is 0 Å². The molecule has 0 fully saturated rings. The van der Waals surface area contributed by atoms with Gasteiger partial charge in [0.15, 0.2) is 5.16 Å². The average Bonchev–Trinajstić information content (AvgIpc) is 3.16. The van der Waals surface area contributed by atoms with Crippen LogP contribution in [-0.4, -0.2) is 34.2 Å². The zero-order chi connectivity index (χ0) is 21.8. The van der Waals surface area contributed by atoms with Gasteiger partial charge in [-0.25, -0.2) is 4.98 Å². The average molecular weight is 433 g/mol. The Morgan fingerprint density at radius 3 is 2.42 bits per heavy atom. The van der Waals surface area contributed by atoms with E-state index < -0.39 is 5.91 Å². The Kier molecular flexibility index (Phi) is 5.90. The highest BCUT2D eigenvalue weighted by Gasteiger charge is 2.15. The highest BCUT2D eigenvalue weighted by molar-refractivity contribution is 7.99. The molecule has 8 heteroatoms. The number of ether oxygens (including phenoxy) is 1. The van der Waals surface area contributed by atoms with Crippen LogP contribution in [0.4, 0.5) is 5.69 Å². The summed E-state index contributed by atoms with van der Waals surface area (Å²) in [6.45, 7) is 0. The first kappa shape index (κ1) is 20.5. The molecule has 0 bridgehead atoms. The molecular weight excluding hydrogens is 412 g/mol. The second kappa shape index (κ2) is 8.93. The summed E-state index contributed by atoms with van der Waals surface area (Å²) in [4.78, 5) is 28.3. The third-order valence-electron chi connectivity index (χ3n) is 4.65. The van der Waals surface area contributed by atoms with Gasteiger partial charge in [0.1, 0.15) is 5.75 Å². The maximum atomic E-state index is 12.5. The molecule has 0 saturated heterocycles. The molecule has 2 amide bonds. The molecule has 0 radical (unpaired) electrons. The Bertz CT molecular complexity index is 1230. The van der Waals surface area contributed by atoms with E-state index in [0.717, 1.165) is 22.5 Å². The van der Waals surface area contributed by atoms with Crippen molar-refractivity contribution in [1.82, 2.24) is 9.55 Å². The van der Waals surface area contributed by atoms with Crippen molar-refractivity contribution < 1.29 is 14.3 Å². The molecule has 4 rings (SSSR count). The first-order valence-electron chi connectivity index (χ1n) is 9.49. The van der Waals surface area contributed by atoms with E-state index in [4.69, 9.17) is 15.5 Å². The van der Waals surface area contributed by atoms with Crippen molar-refractivity contribution in [3.8, 4) is 11.4 Å². The molecule has 0 saturated carbocycles. The molecular formula is C23H20N4O3S. The van der Waals surface area contributed by atoms with Crippen LogP contribution in [-0.2, 0) is 4.79 Å². The van der Waals surface area contributed by atoms with E-state index in [1.54, 1.807) is 31.4 Å². The third kappa shape index (κ3) is 4.54. The van der Waals surface area contributed by atoms with Crippen LogP contribution in [0.3, 0.4) is 0 Å². The fourth-order valence-corrected chi connectivity index (χ4v) is 3.95. The number of anilines is 1. The smallest absolute Gasteiger partial charge is 0.248 e. The summed E-state index contributed by atoms with van der Waals surface area (Å²) in [6.07, 6.45) is 0. The number of imidazole rings is 1.